The lowest BCUT2D eigenvalue weighted by Gasteiger charge is -2.27. The third kappa shape index (κ3) is 6.15. The minimum atomic E-state index is -0.503. The van der Waals surface area contributed by atoms with Crippen LogP contribution < -0.4 is 4.90 Å². The SMILES string of the molecule is CC1CN(C(=O)OC(C)(C)C)CCN(c2ccc(N=CN(C)C)c(C#N)c2)C1. The van der Waals surface area contributed by atoms with Crippen molar-refractivity contribution in [3.63, 3.8) is 0 Å². The van der Waals surface area contributed by atoms with Gasteiger partial charge in [0.2, 0.25) is 0 Å². The largest absolute Gasteiger partial charge is 0.444 e. The first kappa shape index (κ1) is 21.5. The summed E-state index contributed by atoms with van der Waals surface area (Å²) in [5, 5.41) is 9.51. The fourth-order valence-corrected chi connectivity index (χ4v) is 3.06. The van der Waals surface area contributed by atoms with Gasteiger partial charge in [0, 0.05) is 46.0 Å². The van der Waals surface area contributed by atoms with Crippen LogP contribution in [0.4, 0.5) is 16.2 Å². The lowest BCUT2D eigenvalue weighted by molar-refractivity contribution is 0.0245. The highest BCUT2D eigenvalue weighted by atomic mass is 16.6. The van der Waals surface area contributed by atoms with Crippen LogP contribution in [0.5, 0.6) is 0 Å². The van der Waals surface area contributed by atoms with Crippen molar-refractivity contribution in [1.29, 1.82) is 5.26 Å². The van der Waals surface area contributed by atoms with Crippen LogP contribution >= 0.6 is 0 Å². The smallest absolute Gasteiger partial charge is 0.410 e. The molecule has 1 saturated heterocycles. The summed E-state index contributed by atoms with van der Waals surface area (Å²) in [6.45, 7) is 10.5. The van der Waals surface area contributed by atoms with Gasteiger partial charge in [0.1, 0.15) is 11.7 Å². The summed E-state index contributed by atoms with van der Waals surface area (Å²) in [7, 11) is 3.78. The summed E-state index contributed by atoms with van der Waals surface area (Å²) in [6, 6.07) is 7.96. The van der Waals surface area contributed by atoms with E-state index in [0.717, 1.165) is 12.2 Å². The number of rotatable bonds is 3. The van der Waals surface area contributed by atoms with Gasteiger partial charge in [0.15, 0.2) is 0 Å². The van der Waals surface area contributed by atoms with Crippen molar-refractivity contribution in [1.82, 2.24) is 9.80 Å². The summed E-state index contributed by atoms with van der Waals surface area (Å²) < 4.78 is 5.53. The van der Waals surface area contributed by atoms with E-state index in [1.54, 1.807) is 11.2 Å². The van der Waals surface area contributed by atoms with Gasteiger partial charge >= 0.3 is 6.09 Å². The molecule has 1 unspecified atom stereocenters. The highest BCUT2D eigenvalue weighted by molar-refractivity contribution is 5.69. The standard InChI is InChI=1S/C21H31N5O2/c1-16-13-25(9-10-26(14-16)20(27)28-21(2,3)4)18-7-8-19(17(11-18)12-22)23-15-24(5)6/h7-8,11,15-16H,9-10,13-14H2,1-6H3. The fraction of sp³-hybridized carbons (Fsp3) is 0.571. The number of amides is 1. The number of carbonyl (C=O) groups is 1. The molecule has 0 spiro atoms. The van der Waals surface area contributed by atoms with E-state index in [4.69, 9.17) is 4.74 Å². The van der Waals surface area contributed by atoms with E-state index in [1.165, 1.54) is 0 Å². The zero-order valence-corrected chi connectivity index (χ0v) is 17.8. The molecule has 1 atom stereocenters. The van der Waals surface area contributed by atoms with Gasteiger partial charge in [-0.2, -0.15) is 5.26 Å². The van der Waals surface area contributed by atoms with Gasteiger partial charge in [-0.05, 0) is 44.9 Å². The molecule has 1 heterocycles. The molecule has 0 bridgehead atoms. The van der Waals surface area contributed by atoms with Crippen molar-refractivity contribution in [3.8, 4) is 6.07 Å². The maximum absolute atomic E-state index is 12.4. The molecule has 152 valence electrons. The molecule has 0 radical (unpaired) electrons. The Morgan fingerprint density at radius 2 is 2.04 bits per heavy atom. The van der Waals surface area contributed by atoms with Gasteiger partial charge in [-0.1, -0.05) is 6.92 Å². The molecule has 0 N–H and O–H groups in total. The molecule has 1 aliphatic rings. The number of nitriles is 1. The van der Waals surface area contributed by atoms with Crippen LogP contribution in [-0.2, 0) is 4.74 Å². The van der Waals surface area contributed by atoms with Gasteiger partial charge in [-0.15, -0.1) is 0 Å². The van der Waals surface area contributed by atoms with Gasteiger partial charge in [-0.3, -0.25) is 0 Å². The Morgan fingerprint density at radius 1 is 1.32 bits per heavy atom. The summed E-state index contributed by atoms with van der Waals surface area (Å²) in [5.74, 6) is 0.284. The molecular formula is C21H31N5O2. The molecule has 0 aliphatic carbocycles. The van der Waals surface area contributed by atoms with E-state index in [9.17, 15) is 10.1 Å². The minimum absolute atomic E-state index is 0.271. The molecule has 28 heavy (non-hydrogen) atoms. The molecule has 1 aliphatic heterocycles. The zero-order valence-electron chi connectivity index (χ0n) is 17.8. The molecule has 1 fully saturated rings. The molecule has 7 nitrogen and oxygen atoms in total. The Bertz CT molecular complexity index is 761. The molecule has 1 aromatic rings. The third-order valence-electron chi connectivity index (χ3n) is 4.25. The van der Waals surface area contributed by atoms with Gasteiger partial charge < -0.3 is 19.4 Å². The Balaban J connectivity index is 2.16. The van der Waals surface area contributed by atoms with Gasteiger partial charge in [-0.25, -0.2) is 9.79 Å². The number of anilines is 1. The van der Waals surface area contributed by atoms with Crippen LogP contribution in [0.3, 0.4) is 0 Å². The Kier molecular flexibility index (Phi) is 6.90. The van der Waals surface area contributed by atoms with E-state index >= 15 is 0 Å². The van der Waals surface area contributed by atoms with Crippen LogP contribution in [-0.4, -0.2) is 68.1 Å². The maximum atomic E-state index is 12.4. The van der Waals surface area contributed by atoms with Crippen LogP contribution in [0.2, 0.25) is 0 Å². The molecule has 1 amide bonds. The zero-order chi connectivity index (χ0) is 20.9. The first-order valence-corrected chi connectivity index (χ1v) is 9.56. The summed E-state index contributed by atoms with van der Waals surface area (Å²) in [5.41, 5.74) is 1.66. The van der Waals surface area contributed by atoms with Crippen LogP contribution in [0.25, 0.3) is 0 Å². The molecule has 2 rings (SSSR count). The van der Waals surface area contributed by atoms with E-state index in [2.05, 4.69) is 22.9 Å². The fourth-order valence-electron chi connectivity index (χ4n) is 3.06. The number of hydrogen-bond donors (Lipinski definition) is 0. The highest BCUT2D eigenvalue weighted by Gasteiger charge is 2.27. The van der Waals surface area contributed by atoms with Crippen molar-refractivity contribution in [3.05, 3.63) is 23.8 Å². The number of hydrogen-bond acceptors (Lipinski definition) is 5. The number of aliphatic imine (C=N–C) groups is 1. The number of nitrogens with zero attached hydrogens (tertiary/aromatic N) is 5. The molecule has 0 saturated carbocycles. The maximum Gasteiger partial charge on any atom is 0.410 e. The van der Waals surface area contributed by atoms with E-state index in [1.807, 2.05) is 58.0 Å². The van der Waals surface area contributed by atoms with Crippen molar-refractivity contribution in [2.45, 2.75) is 33.3 Å². The normalized spacial score (nSPS) is 18.0. The lowest BCUT2D eigenvalue weighted by atomic mass is 10.1. The van der Waals surface area contributed by atoms with Crippen LogP contribution in [0, 0.1) is 17.2 Å². The second-order valence-electron chi connectivity index (χ2n) is 8.50. The average Bonchev–Trinajstić information content (AvgIpc) is 2.80. The monoisotopic (exact) mass is 385 g/mol. The van der Waals surface area contributed by atoms with Gasteiger partial charge in [0.05, 0.1) is 17.6 Å². The van der Waals surface area contributed by atoms with Crippen LogP contribution in [0.1, 0.15) is 33.3 Å². The molecular weight excluding hydrogens is 354 g/mol. The summed E-state index contributed by atoms with van der Waals surface area (Å²) in [6.07, 6.45) is 1.41. The summed E-state index contributed by atoms with van der Waals surface area (Å²) >= 11 is 0. The van der Waals surface area contributed by atoms with E-state index < -0.39 is 5.60 Å². The van der Waals surface area contributed by atoms with Crippen molar-refractivity contribution in [2.75, 3.05) is 45.2 Å². The minimum Gasteiger partial charge on any atom is -0.444 e. The van der Waals surface area contributed by atoms with E-state index in [0.29, 0.717) is 30.9 Å². The predicted octanol–water partition coefficient (Wildman–Crippen LogP) is 3.47. The topological polar surface area (TPSA) is 72.2 Å². The molecule has 1 aromatic carbocycles. The first-order chi connectivity index (χ1) is 13.1. The Morgan fingerprint density at radius 3 is 2.64 bits per heavy atom. The number of benzene rings is 1. The Labute approximate surface area is 168 Å². The second kappa shape index (κ2) is 8.96. The first-order valence-electron chi connectivity index (χ1n) is 9.56. The van der Waals surface area contributed by atoms with E-state index in [-0.39, 0.29) is 12.0 Å². The van der Waals surface area contributed by atoms with Crippen molar-refractivity contribution in [2.24, 2.45) is 10.9 Å². The predicted molar refractivity (Wildman–Crippen MR) is 112 cm³/mol. The second-order valence-corrected chi connectivity index (χ2v) is 8.50. The number of ether oxygens (including phenoxy) is 1. The van der Waals surface area contributed by atoms with Gasteiger partial charge in [0.25, 0.3) is 0 Å². The quantitative estimate of drug-likeness (QED) is 0.588. The third-order valence-corrected chi connectivity index (χ3v) is 4.25. The molecule has 0 aromatic heterocycles. The Hall–Kier alpha value is -2.75. The lowest BCUT2D eigenvalue weighted by Crippen LogP contribution is -2.39. The molecule has 7 heteroatoms. The van der Waals surface area contributed by atoms with Crippen LogP contribution in [0.15, 0.2) is 23.2 Å². The number of carbonyl (C=O) groups excluding carboxylic acids is 1. The van der Waals surface area contributed by atoms with Crippen molar-refractivity contribution >= 4 is 23.8 Å². The highest BCUT2D eigenvalue weighted by Crippen LogP contribution is 2.26. The summed E-state index contributed by atoms with van der Waals surface area (Å²) in [4.78, 5) is 22.6. The average molecular weight is 386 g/mol. The van der Waals surface area contributed by atoms with Crippen molar-refractivity contribution < 1.29 is 9.53 Å².